The van der Waals surface area contributed by atoms with Crippen molar-refractivity contribution in [3.05, 3.63) is 5.82 Å². The van der Waals surface area contributed by atoms with Gasteiger partial charge >= 0.3 is 0 Å². The van der Waals surface area contributed by atoms with Crippen molar-refractivity contribution in [1.82, 2.24) is 9.36 Å². The molecule has 14 heavy (non-hydrogen) atoms. The van der Waals surface area contributed by atoms with Gasteiger partial charge in [-0.15, -0.1) is 0 Å². The van der Waals surface area contributed by atoms with Crippen LogP contribution < -0.4 is 5.32 Å². The first-order chi connectivity index (χ1) is 6.72. The molecule has 0 radical (unpaired) electrons. The van der Waals surface area contributed by atoms with Crippen LogP contribution in [-0.4, -0.2) is 15.9 Å². The first-order valence-electron chi connectivity index (χ1n) is 5.28. The Morgan fingerprint density at radius 3 is 2.79 bits per heavy atom. The SMILES string of the molecule is CCc1nsc(NCCCC(C)C)n1. The minimum Gasteiger partial charge on any atom is -0.360 e. The van der Waals surface area contributed by atoms with Crippen molar-refractivity contribution < 1.29 is 0 Å². The number of rotatable bonds is 6. The average molecular weight is 213 g/mol. The van der Waals surface area contributed by atoms with E-state index in [9.17, 15) is 0 Å². The highest BCUT2D eigenvalue weighted by molar-refractivity contribution is 7.09. The van der Waals surface area contributed by atoms with E-state index < -0.39 is 0 Å². The lowest BCUT2D eigenvalue weighted by Crippen LogP contribution is -2.02. The number of anilines is 1. The van der Waals surface area contributed by atoms with Crippen molar-refractivity contribution in [1.29, 1.82) is 0 Å². The number of hydrogen-bond acceptors (Lipinski definition) is 4. The zero-order chi connectivity index (χ0) is 10.4. The molecule has 1 N–H and O–H groups in total. The standard InChI is InChI=1S/C10H19N3S/c1-4-9-12-10(14-13-9)11-7-5-6-8(2)3/h8H,4-7H2,1-3H3,(H,11,12,13). The molecule has 0 bridgehead atoms. The van der Waals surface area contributed by atoms with Crippen molar-refractivity contribution in [2.75, 3.05) is 11.9 Å². The van der Waals surface area contributed by atoms with Gasteiger partial charge in [0.1, 0.15) is 5.82 Å². The molecule has 0 aliphatic heterocycles. The van der Waals surface area contributed by atoms with Gasteiger partial charge in [0.2, 0.25) is 5.13 Å². The molecule has 4 heteroatoms. The lowest BCUT2D eigenvalue weighted by atomic mass is 10.1. The van der Waals surface area contributed by atoms with E-state index in [2.05, 4.69) is 35.4 Å². The van der Waals surface area contributed by atoms with E-state index in [0.717, 1.165) is 29.8 Å². The second-order valence-corrected chi connectivity index (χ2v) is 4.58. The molecule has 1 aromatic rings. The van der Waals surface area contributed by atoms with Gasteiger partial charge in [0.15, 0.2) is 0 Å². The summed E-state index contributed by atoms with van der Waals surface area (Å²) in [6.45, 7) is 7.58. The Labute approximate surface area is 90.1 Å². The highest BCUT2D eigenvalue weighted by atomic mass is 32.1. The summed E-state index contributed by atoms with van der Waals surface area (Å²) < 4.78 is 4.22. The Morgan fingerprint density at radius 1 is 1.43 bits per heavy atom. The van der Waals surface area contributed by atoms with Gasteiger partial charge in [0.25, 0.3) is 0 Å². The molecule has 0 saturated heterocycles. The summed E-state index contributed by atoms with van der Waals surface area (Å²) in [7, 11) is 0. The molecule has 0 aromatic carbocycles. The molecule has 0 saturated carbocycles. The third-order valence-electron chi connectivity index (χ3n) is 2.02. The van der Waals surface area contributed by atoms with E-state index in [1.54, 1.807) is 0 Å². The minimum atomic E-state index is 0.789. The van der Waals surface area contributed by atoms with Crippen LogP contribution in [0.1, 0.15) is 39.4 Å². The predicted molar refractivity (Wildman–Crippen MR) is 61.8 cm³/mol. The molecule has 0 amide bonds. The van der Waals surface area contributed by atoms with Crippen molar-refractivity contribution in [3.63, 3.8) is 0 Å². The molecule has 0 spiro atoms. The van der Waals surface area contributed by atoms with E-state index in [1.165, 1.54) is 24.4 Å². The van der Waals surface area contributed by atoms with Crippen LogP contribution in [0.25, 0.3) is 0 Å². The molecule has 1 heterocycles. The summed E-state index contributed by atoms with van der Waals surface area (Å²) in [5.74, 6) is 1.73. The number of nitrogens with zero attached hydrogens (tertiary/aromatic N) is 2. The van der Waals surface area contributed by atoms with E-state index >= 15 is 0 Å². The molecule has 0 unspecified atom stereocenters. The molecular formula is C10H19N3S. The average Bonchev–Trinajstić information content (AvgIpc) is 2.60. The normalized spacial score (nSPS) is 10.9. The second kappa shape index (κ2) is 5.96. The van der Waals surface area contributed by atoms with Crippen LogP contribution in [0.3, 0.4) is 0 Å². The number of aryl methyl sites for hydroxylation is 1. The Hall–Kier alpha value is -0.640. The molecule has 0 fully saturated rings. The van der Waals surface area contributed by atoms with Gasteiger partial charge in [0.05, 0.1) is 0 Å². The highest BCUT2D eigenvalue weighted by Gasteiger charge is 2.00. The fraction of sp³-hybridized carbons (Fsp3) is 0.800. The Balaban J connectivity index is 2.18. The van der Waals surface area contributed by atoms with Gasteiger partial charge in [-0.2, -0.15) is 4.37 Å². The summed E-state index contributed by atoms with van der Waals surface area (Å²) in [6.07, 6.45) is 3.40. The highest BCUT2D eigenvalue weighted by Crippen LogP contribution is 2.11. The minimum absolute atomic E-state index is 0.789. The number of nitrogens with one attached hydrogen (secondary N) is 1. The van der Waals surface area contributed by atoms with Gasteiger partial charge < -0.3 is 5.32 Å². The maximum Gasteiger partial charge on any atom is 0.202 e. The molecule has 1 rings (SSSR count). The van der Waals surface area contributed by atoms with Crippen molar-refractivity contribution in [2.45, 2.75) is 40.0 Å². The number of hydrogen-bond donors (Lipinski definition) is 1. The van der Waals surface area contributed by atoms with Crippen molar-refractivity contribution in [2.24, 2.45) is 5.92 Å². The van der Waals surface area contributed by atoms with Crippen LogP contribution in [0.4, 0.5) is 5.13 Å². The van der Waals surface area contributed by atoms with Crippen molar-refractivity contribution >= 4 is 16.7 Å². The third-order valence-corrected chi connectivity index (χ3v) is 2.73. The summed E-state index contributed by atoms with van der Waals surface area (Å²) in [6, 6.07) is 0. The first-order valence-corrected chi connectivity index (χ1v) is 6.06. The van der Waals surface area contributed by atoms with Crippen LogP contribution in [0.15, 0.2) is 0 Å². The van der Waals surface area contributed by atoms with E-state index in [4.69, 9.17) is 0 Å². The Kier molecular flexibility index (Phi) is 4.87. The monoisotopic (exact) mass is 213 g/mol. The fourth-order valence-electron chi connectivity index (χ4n) is 1.18. The zero-order valence-electron chi connectivity index (χ0n) is 9.21. The van der Waals surface area contributed by atoms with E-state index in [1.807, 2.05) is 0 Å². The smallest absolute Gasteiger partial charge is 0.202 e. The van der Waals surface area contributed by atoms with Gasteiger partial charge in [-0.3, -0.25) is 0 Å². The van der Waals surface area contributed by atoms with Crippen molar-refractivity contribution in [3.8, 4) is 0 Å². The second-order valence-electron chi connectivity index (χ2n) is 3.83. The molecule has 80 valence electrons. The maximum absolute atomic E-state index is 4.34. The van der Waals surface area contributed by atoms with Gasteiger partial charge in [-0.25, -0.2) is 4.98 Å². The predicted octanol–water partition coefficient (Wildman–Crippen LogP) is 2.95. The molecule has 3 nitrogen and oxygen atoms in total. The summed E-state index contributed by atoms with van der Waals surface area (Å²) in [5.41, 5.74) is 0. The van der Waals surface area contributed by atoms with Gasteiger partial charge in [0, 0.05) is 24.5 Å². The Morgan fingerprint density at radius 2 is 2.21 bits per heavy atom. The van der Waals surface area contributed by atoms with Gasteiger partial charge in [-0.1, -0.05) is 20.8 Å². The Bertz CT molecular complexity index is 258. The molecule has 0 atom stereocenters. The fourth-order valence-corrected chi connectivity index (χ4v) is 1.85. The summed E-state index contributed by atoms with van der Waals surface area (Å²) in [5, 5.41) is 4.26. The zero-order valence-corrected chi connectivity index (χ0v) is 10.0. The van der Waals surface area contributed by atoms with E-state index in [-0.39, 0.29) is 0 Å². The lowest BCUT2D eigenvalue weighted by Gasteiger charge is -2.04. The molecule has 0 aliphatic carbocycles. The lowest BCUT2D eigenvalue weighted by molar-refractivity contribution is 0.567. The molecular weight excluding hydrogens is 194 g/mol. The summed E-state index contributed by atoms with van der Waals surface area (Å²) in [4.78, 5) is 4.34. The van der Waals surface area contributed by atoms with Crippen LogP contribution in [0.5, 0.6) is 0 Å². The molecule has 1 aromatic heterocycles. The first kappa shape index (κ1) is 11.4. The third kappa shape index (κ3) is 4.05. The topological polar surface area (TPSA) is 37.8 Å². The van der Waals surface area contributed by atoms with E-state index in [0.29, 0.717) is 0 Å². The van der Waals surface area contributed by atoms with Crippen LogP contribution in [0.2, 0.25) is 0 Å². The van der Waals surface area contributed by atoms with Crippen LogP contribution >= 0.6 is 11.5 Å². The largest absolute Gasteiger partial charge is 0.360 e. The number of aromatic nitrogens is 2. The van der Waals surface area contributed by atoms with Crippen LogP contribution in [0, 0.1) is 5.92 Å². The quantitative estimate of drug-likeness (QED) is 0.738. The summed E-state index contributed by atoms with van der Waals surface area (Å²) >= 11 is 1.46. The maximum atomic E-state index is 4.34. The molecule has 0 aliphatic rings. The van der Waals surface area contributed by atoms with Gasteiger partial charge in [-0.05, 0) is 18.8 Å². The van der Waals surface area contributed by atoms with Crippen LogP contribution in [-0.2, 0) is 6.42 Å².